The van der Waals surface area contributed by atoms with Gasteiger partial charge in [0, 0.05) is 18.4 Å². The molecular weight excluding hydrogens is 172 g/mol. The summed E-state index contributed by atoms with van der Waals surface area (Å²) >= 11 is 0. The number of rotatable bonds is 1. The molecule has 0 unspecified atom stereocenters. The van der Waals surface area contributed by atoms with Gasteiger partial charge in [-0.05, 0) is 6.08 Å². The largest absolute Gasteiger partial charge is 0.478 e. The highest BCUT2D eigenvalue weighted by Gasteiger charge is 2.34. The summed E-state index contributed by atoms with van der Waals surface area (Å²) in [7, 11) is 0. The van der Waals surface area contributed by atoms with E-state index in [-0.39, 0.29) is 18.4 Å². The summed E-state index contributed by atoms with van der Waals surface area (Å²) in [5.74, 6) is 0.927. The van der Waals surface area contributed by atoms with Gasteiger partial charge in [-0.25, -0.2) is 4.79 Å². The lowest BCUT2D eigenvalue weighted by Gasteiger charge is -2.28. The minimum absolute atomic E-state index is 0.0136. The van der Waals surface area contributed by atoms with Crippen molar-refractivity contribution < 1.29 is 20.1 Å². The smallest absolute Gasteiger partial charge is 0.331 e. The Morgan fingerprint density at radius 2 is 2.38 bits per heavy atom. The van der Waals surface area contributed by atoms with Gasteiger partial charge in [-0.3, -0.25) is 0 Å². The van der Waals surface area contributed by atoms with E-state index in [9.17, 15) is 15.0 Å². The first kappa shape index (κ1) is 9.78. The van der Waals surface area contributed by atoms with E-state index in [1.54, 1.807) is 0 Å². The van der Waals surface area contributed by atoms with Gasteiger partial charge in [0.25, 0.3) is 0 Å². The molecule has 13 heavy (non-hydrogen) atoms. The Labute approximate surface area is 75.5 Å². The molecule has 1 rings (SSSR count). The highest BCUT2D eigenvalue weighted by Crippen LogP contribution is 2.27. The van der Waals surface area contributed by atoms with Crippen molar-refractivity contribution in [2.24, 2.45) is 0 Å². The molecule has 0 saturated heterocycles. The van der Waals surface area contributed by atoms with E-state index in [4.69, 9.17) is 11.5 Å². The molecule has 0 aliphatic heterocycles. The van der Waals surface area contributed by atoms with E-state index in [0.29, 0.717) is 0 Å². The lowest BCUT2D eigenvalue weighted by molar-refractivity contribution is -0.133. The fourth-order valence-corrected chi connectivity index (χ4v) is 1.34. The van der Waals surface area contributed by atoms with Crippen LogP contribution in [0.4, 0.5) is 0 Å². The van der Waals surface area contributed by atoms with Crippen molar-refractivity contribution in [3.8, 4) is 12.3 Å². The number of terminal acetylenes is 1. The Kier molecular flexibility index (Phi) is 2.41. The molecule has 4 heteroatoms. The van der Waals surface area contributed by atoms with Gasteiger partial charge in [0.1, 0.15) is 5.60 Å². The second kappa shape index (κ2) is 3.21. The van der Waals surface area contributed by atoms with Crippen LogP contribution in [0.15, 0.2) is 11.6 Å². The maximum atomic E-state index is 10.5. The van der Waals surface area contributed by atoms with E-state index in [1.165, 1.54) is 6.08 Å². The minimum atomic E-state index is -1.53. The van der Waals surface area contributed by atoms with Gasteiger partial charge in [-0.2, -0.15) is 0 Å². The topological polar surface area (TPSA) is 77.8 Å². The van der Waals surface area contributed by atoms with Crippen LogP contribution in [0, 0.1) is 12.3 Å². The second-order valence-corrected chi connectivity index (χ2v) is 3.12. The second-order valence-electron chi connectivity index (χ2n) is 3.12. The van der Waals surface area contributed by atoms with Gasteiger partial charge in [0.2, 0.25) is 0 Å². The van der Waals surface area contributed by atoms with Crippen LogP contribution in [0.5, 0.6) is 0 Å². The van der Waals surface area contributed by atoms with Crippen LogP contribution >= 0.6 is 0 Å². The first-order valence-electron chi connectivity index (χ1n) is 3.79. The molecule has 0 aromatic rings. The molecule has 0 heterocycles. The van der Waals surface area contributed by atoms with E-state index in [2.05, 4.69) is 5.92 Å². The minimum Gasteiger partial charge on any atom is -0.478 e. The van der Waals surface area contributed by atoms with Gasteiger partial charge >= 0.3 is 5.97 Å². The highest BCUT2D eigenvalue weighted by molar-refractivity contribution is 5.87. The highest BCUT2D eigenvalue weighted by atomic mass is 16.4. The van der Waals surface area contributed by atoms with E-state index in [0.717, 1.165) is 0 Å². The monoisotopic (exact) mass is 182 g/mol. The Bertz CT molecular complexity index is 299. The number of aliphatic carboxylic acids is 1. The summed E-state index contributed by atoms with van der Waals surface area (Å²) in [4.78, 5) is 10.5. The number of hydrogen-bond acceptors (Lipinski definition) is 3. The van der Waals surface area contributed by atoms with Crippen molar-refractivity contribution in [1.82, 2.24) is 0 Å². The van der Waals surface area contributed by atoms with Crippen LogP contribution in [-0.4, -0.2) is 33.0 Å². The van der Waals surface area contributed by atoms with Crippen LogP contribution in [0.1, 0.15) is 12.8 Å². The van der Waals surface area contributed by atoms with Crippen LogP contribution in [0.25, 0.3) is 0 Å². The summed E-state index contributed by atoms with van der Waals surface area (Å²) in [6.07, 6.45) is 5.12. The van der Waals surface area contributed by atoms with Gasteiger partial charge in [0.15, 0.2) is 0 Å². The Morgan fingerprint density at radius 3 is 2.85 bits per heavy atom. The number of carbonyl (C=O) groups is 1. The lowest BCUT2D eigenvalue weighted by Crippen LogP contribution is -2.36. The molecule has 0 saturated carbocycles. The zero-order chi connectivity index (χ0) is 10.1. The fraction of sp³-hybridized carbons (Fsp3) is 0.444. The van der Waals surface area contributed by atoms with E-state index < -0.39 is 17.7 Å². The predicted octanol–water partition coefficient (Wildman–Crippen LogP) is -0.484. The zero-order valence-electron chi connectivity index (χ0n) is 6.90. The van der Waals surface area contributed by atoms with Gasteiger partial charge in [-0.15, -0.1) is 6.42 Å². The van der Waals surface area contributed by atoms with Crippen LogP contribution in [0.3, 0.4) is 0 Å². The maximum absolute atomic E-state index is 10.5. The van der Waals surface area contributed by atoms with Crippen LogP contribution in [0.2, 0.25) is 0 Å². The Balaban J connectivity index is 2.93. The van der Waals surface area contributed by atoms with E-state index in [1.807, 2.05) is 0 Å². The molecule has 1 aliphatic rings. The summed E-state index contributed by atoms with van der Waals surface area (Å²) in [5, 5.41) is 27.4. The molecule has 1 aliphatic carbocycles. The Hall–Kier alpha value is -1.31. The zero-order valence-corrected chi connectivity index (χ0v) is 6.90. The standard InChI is InChI=1S/C9H10O4/c1-2-9(13)4-6(8(11)12)3-7(10)5-9/h1,3,7,10,13H,4-5H2,(H,11,12)/t7-,9-/m0/s1. The van der Waals surface area contributed by atoms with Crippen molar-refractivity contribution in [3.05, 3.63) is 11.6 Å². The summed E-state index contributed by atoms with van der Waals surface area (Å²) < 4.78 is 0. The van der Waals surface area contributed by atoms with Crippen molar-refractivity contribution in [3.63, 3.8) is 0 Å². The van der Waals surface area contributed by atoms with Crippen molar-refractivity contribution in [2.75, 3.05) is 0 Å². The van der Waals surface area contributed by atoms with Gasteiger partial charge < -0.3 is 15.3 Å². The quantitative estimate of drug-likeness (QED) is 0.478. The molecule has 4 nitrogen and oxygen atoms in total. The molecule has 0 spiro atoms. The molecule has 0 amide bonds. The summed E-state index contributed by atoms with van der Waals surface area (Å²) in [6, 6.07) is 0. The third-order valence-corrected chi connectivity index (χ3v) is 1.97. The lowest BCUT2D eigenvalue weighted by atomic mass is 9.84. The van der Waals surface area contributed by atoms with Gasteiger partial charge in [0.05, 0.1) is 6.10 Å². The average molecular weight is 182 g/mol. The molecule has 0 aromatic heterocycles. The third kappa shape index (κ3) is 2.08. The molecule has 0 bridgehead atoms. The number of carboxylic acids is 1. The molecule has 70 valence electrons. The number of aliphatic hydroxyl groups excluding tert-OH is 1. The predicted molar refractivity (Wildman–Crippen MR) is 44.7 cm³/mol. The normalized spacial score (nSPS) is 33.3. The van der Waals surface area contributed by atoms with Crippen molar-refractivity contribution in [2.45, 2.75) is 24.5 Å². The fourth-order valence-electron chi connectivity index (χ4n) is 1.34. The molecule has 0 radical (unpaired) electrons. The number of hydrogen-bond donors (Lipinski definition) is 3. The first-order chi connectivity index (χ1) is 5.97. The van der Waals surface area contributed by atoms with Crippen LogP contribution < -0.4 is 0 Å². The van der Waals surface area contributed by atoms with E-state index >= 15 is 0 Å². The summed E-state index contributed by atoms with van der Waals surface area (Å²) in [6.45, 7) is 0. The van der Waals surface area contributed by atoms with Crippen LogP contribution in [-0.2, 0) is 4.79 Å². The SMILES string of the molecule is C#C[C@]1(O)CC(C(=O)O)=C[C@H](O)C1. The average Bonchev–Trinajstić information content (AvgIpc) is 2.03. The first-order valence-corrected chi connectivity index (χ1v) is 3.79. The van der Waals surface area contributed by atoms with Gasteiger partial charge in [-0.1, -0.05) is 5.92 Å². The maximum Gasteiger partial charge on any atom is 0.331 e. The molecule has 2 atom stereocenters. The van der Waals surface area contributed by atoms with Crippen molar-refractivity contribution >= 4 is 5.97 Å². The molecule has 3 N–H and O–H groups in total. The molecule has 0 fully saturated rings. The third-order valence-electron chi connectivity index (χ3n) is 1.97. The molecule has 0 aromatic carbocycles. The Morgan fingerprint density at radius 1 is 1.77 bits per heavy atom. The summed E-state index contributed by atoms with van der Waals surface area (Å²) in [5.41, 5.74) is -1.57. The molecular formula is C9H10O4. The number of carboxylic acid groups (broad SMARTS) is 1. The van der Waals surface area contributed by atoms with Crippen molar-refractivity contribution in [1.29, 1.82) is 0 Å². The number of aliphatic hydroxyl groups is 2.